The van der Waals surface area contributed by atoms with Gasteiger partial charge in [0.15, 0.2) is 0 Å². The third-order valence-electron chi connectivity index (χ3n) is 2.66. The molecule has 0 aliphatic heterocycles. The van der Waals surface area contributed by atoms with E-state index in [2.05, 4.69) is 5.32 Å². The summed E-state index contributed by atoms with van der Waals surface area (Å²) in [6.07, 6.45) is 0. The number of hydrogen-bond acceptors (Lipinski definition) is 2. The molecule has 0 heterocycles. The minimum atomic E-state index is 0.493. The summed E-state index contributed by atoms with van der Waals surface area (Å²) in [5.74, 6) is 0.816. The van der Waals surface area contributed by atoms with Gasteiger partial charge in [-0.05, 0) is 18.2 Å². The molecule has 1 N–H and O–H groups in total. The number of nitrogens with one attached hydrogen (secondary N) is 1. The molecule has 2 rings (SSSR count). The Morgan fingerprint density at radius 1 is 1.05 bits per heavy atom. The molecule has 0 spiro atoms. The summed E-state index contributed by atoms with van der Waals surface area (Å²) in [7, 11) is 1.64. The average molecular weight is 317 g/mol. The van der Waals surface area contributed by atoms with Crippen LogP contribution in [0.1, 0.15) is 5.56 Å². The Hall–Kier alpha value is -1.09. The van der Waals surface area contributed by atoms with Gasteiger partial charge in [0.2, 0.25) is 0 Å². The van der Waals surface area contributed by atoms with Gasteiger partial charge >= 0.3 is 0 Å². The summed E-state index contributed by atoms with van der Waals surface area (Å²) in [5.41, 5.74) is 1.69. The molecular formula is C14H12Cl3NO. The molecule has 0 aliphatic carbocycles. The lowest BCUT2D eigenvalue weighted by atomic mass is 10.2. The Morgan fingerprint density at radius 3 is 2.32 bits per heavy atom. The van der Waals surface area contributed by atoms with E-state index in [1.54, 1.807) is 19.2 Å². The van der Waals surface area contributed by atoms with E-state index in [-0.39, 0.29) is 0 Å². The second kappa shape index (κ2) is 6.38. The summed E-state index contributed by atoms with van der Waals surface area (Å²) < 4.78 is 5.29. The highest BCUT2D eigenvalue weighted by Crippen LogP contribution is 2.34. The smallest absolute Gasteiger partial charge is 0.123 e. The van der Waals surface area contributed by atoms with Gasteiger partial charge in [-0.1, -0.05) is 53.0 Å². The first-order valence-corrected chi connectivity index (χ1v) is 6.75. The van der Waals surface area contributed by atoms with Crippen LogP contribution in [-0.4, -0.2) is 7.11 Å². The molecule has 100 valence electrons. The predicted octanol–water partition coefficient (Wildman–Crippen LogP) is 5.27. The maximum atomic E-state index is 6.11. The summed E-state index contributed by atoms with van der Waals surface area (Å²) in [6, 6.07) is 11.1. The zero-order chi connectivity index (χ0) is 13.8. The van der Waals surface area contributed by atoms with Gasteiger partial charge < -0.3 is 10.1 Å². The van der Waals surface area contributed by atoms with Crippen molar-refractivity contribution in [1.82, 2.24) is 0 Å². The first-order chi connectivity index (χ1) is 9.11. The fourth-order valence-electron chi connectivity index (χ4n) is 1.74. The zero-order valence-corrected chi connectivity index (χ0v) is 12.5. The molecule has 0 fully saturated rings. The summed E-state index contributed by atoms with van der Waals surface area (Å²) in [5, 5.41) is 4.69. The fourth-order valence-corrected chi connectivity index (χ4v) is 2.69. The van der Waals surface area contributed by atoms with Crippen LogP contribution in [0.4, 0.5) is 5.69 Å². The van der Waals surface area contributed by atoms with Crippen LogP contribution >= 0.6 is 34.8 Å². The highest BCUT2D eigenvalue weighted by Gasteiger charge is 2.08. The van der Waals surface area contributed by atoms with Crippen molar-refractivity contribution in [3.8, 4) is 5.75 Å². The van der Waals surface area contributed by atoms with E-state index in [0.717, 1.165) is 11.3 Å². The summed E-state index contributed by atoms with van der Waals surface area (Å²) >= 11 is 18.1. The third-order valence-corrected chi connectivity index (χ3v) is 3.47. The second-order valence-corrected chi connectivity index (χ2v) is 5.16. The van der Waals surface area contributed by atoms with Crippen molar-refractivity contribution in [2.24, 2.45) is 0 Å². The number of halogens is 3. The normalized spacial score (nSPS) is 10.3. The van der Waals surface area contributed by atoms with Crippen molar-refractivity contribution in [2.75, 3.05) is 12.4 Å². The monoisotopic (exact) mass is 315 g/mol. The minimum Gasteiger partial charge on any atom is -0.496 e. The van der Waals surface area contributed by atoms with Crippen LogP contribution in [0.3, 0.4) is 0 Å². The van der Waals surface area contributed by atoms with E-state index in [1.807, 2.05) is 24.3 Å². The van der Waals surface area contributed by atoms with Gasteiger partial charge in [-0.15, -0.1) is 0 Å². The number of hydrogen-bond donors (Lipinski definition) is 1. The topological polar surface area (TPSA) is 21.3 Å². The Kier molecular flexibility index (Phi) is 4.81. The maximum Gasteiger partial charge on any atom is 0.123 e. The lowest BCUT2D eigenvalue weighted by molar-refractivity contribution is 0.410. The molecule has 0 saturated heterocycles. The van der Waals surface area contributed by atoms with Crippen molar-refractivity contribution in [3.05, 3.63) is 57.0 Å². The average Bonchev–Trinajstić information content (AvgIpc) is 2.38. The van der Waals surface area contributed by atoms with Gasteiger partial charge in [0, 0.05) is 17.1 Å². The minimum absolute atomic E-state index is 0.493. The molecule has 2 aromatic rings. The molecule has 0 unspecified atom stereocenters. The van der Waals surface area contributed by atoms with Crippen molar-refractivity contribution in [2.45, 2.75) is 6.54 Å². The SMILES string of the molecule is COc1ccccc1CNc1c(Cl)cc(Cl)cc1Cl. The molecule has 2 nitrogen and oxygen atoms in total. The lowest BCUT2D eigenvalue weighted by Gasteiger charge is -2.13. The van der Waals surface area contributed by atoms with E-state index in [1.165, 1.54) is 0 Å². The van der Waals surface area contributed by atoms with Gasteiger partial charge in [0.25, 0.3) is 0 Å². The largest absolute Gasteiger partial charge is 0.496 e. The van der Waals surface area contributed by atoms with Crippen LogP contribution < -0.4 is 10.1 Å². The Balaban J connectivity index is 2.19. The van der Waals surface area contributed by atoms with E-state index >= 15 is 0 Å². The predicted molar refractivity (Wildman–Crippen MR) is 81.8 cm³/mol. The molecule has 0 amide bonds. The van der Waals surface area contributed by atoms with Gasteiger partial charge in [-0.2, -0.15) is 0 Å². The molecule has 0 aromatic heterocycles. The van der Waals surface area contributed by atoms with Crippen molar-refractivity contribution in [3.63, 3.8) is 0 Å². The molecule has 5 heteroatoms. The van der Waals surface area contributed by atoms with Crippen LogP contribution in [-0.2, 0) is 6.54 Å². The van der Waals surface area contributed by atoms with Crippen LogP contribution in [0.5, 0.6) is 5.75 Å². The standard InChI is InChI=1S/C14H12Cl3NO/c1-19-13-5-3-2-4-9(13)8-18-14-11(16)6-10(15)7-12(14)17/h2-7,18H,8H2,1H3. The Bertz CT molecular complexity index is 564. The number of anilines is 1. The van der Waals surface area contributed by atoms with Gasteiger partial charge in [-0.25, -0.2) is 0 Å². The van der Waals surface area contributed by atoms with E-state index in [9.17, 15) is 0 Å². The molecule has 0 bridgehead atoms. The molecule has 0 radical (unpaired) electrons. The molecular weight excluding hydrogens is 305 g/mol. The molecule has 2 aromatic carbocycles. The molecule has 0 saturated carbocycles. The third kappa shape index (κ3) is 3.47. The second-order valence-electron chi connectivity index (χ2n) is 3.91. The highest BCUT2D eigenvalue weighted by molar-refractivity contribution is 6.41. The van der Waals surface area contributed by atoms with E-state index in [0.29, 0.717) is 27.3 Å². The van der Waals surface area contributed by atoms with Gasteiger partial charge in [-0.3, -0.25) is 0 Å². The number of benzene rings is 2. The van der Waals surface area contributed by atoms with Crippen molar-refractivity contribution in [1.29, 1.82) is 0 Å². The summed E-state index contributed by atoms with van der Waals surface area (Å²) in [6.45, 7) is 0.561. The maximum absolute atomic E-state index is 6.11. The quantitative estimate of drug-likeness (QED) is 0.830. The van der Waals surface area contributed by atoms with Gasteiger partial charge in [0.05, 0.1) is 22.8 Å². The number of para-hydroxylation sites is 1. The first kappa shape index (κ1) is 14.3. The highest BCUT2D eigenvalue weighted by atomic mass is 35.5. The summed E-state index contributed by atoms with van der Waals surface area (Å²) in [4.78, 5) is 0. The van der Waals surface area contributed by atoms with Crippen LogP contribution in [0.15, 0.2) is 36.4 Å². The van der Waals surface area contributed by atoms with Gasteiger partial charge in [0.1, 0.15) is 5.75 Å². The Morgan fingerprint density at radius 2 is 1.68 bits per heavy atom. The van der Waals surface area contributed by atoms with Crippen LogP contribution in [0.2, 0.25) is 15.1 Å². The fraction of sp³-hybridized carbons (Fsp3) is 0.143. The zero-order valence-electron chi connectivity index (χ0n) is 10.2. The number of ether oxygens (including phenoxy) is 1. The first-order valence-electron chi connectivity index (χ1n) is 5.62. The molecule has 0 aliphatic rings. The number of methoxy groups -OCH3 is 1. The van der Waals surface area contributed by atoms with Crippen LogP contribution in [0, 0.1) is 0 Å². The lowest BCUT2D eigenvalue weighted by Crippen LogP contribution is -2.02. The van der Waals surface area contributed by atoms with Crippen molar-refractivity contribution >= 4 is 40.5 Å². The van der Waals surface area contributed by atoms with Crippen molar-refractivity contribution < 1.29 is 4.74 Å². The number of rotatable bonds is 4. The van der Waals surface area contributed by atoms with E-state index in [4.69, 9.17) is 39.5 Å². The molecule has 19 heavy (non-hydrogen) atoms. The Labute approximate surface area is 127 Å². The van der Waals surface area contributed by atoms with Crippen LogP contribution in [0.25, 0.3) is 0 Å². The van der Waals surface area contributed by atoms with E-state index < -0.39 is 0 Å². The molecule has 0 atom stereocenters.